The molecule has 20 heavy (non-hydrogen) atoms. The van der Waals surface area contributed by atoms with Crippen LogP contribution in [0.25, 0.3) is 0 Å². The molecule has 0 saturated heterocycles. The van der Waals surface area contributed by atoms with E-state index in [2.05, 4.69) is 4.72 Å². The molecule has 6 heteroatoms. The van der Waals surface area contributed by atoms with Gasteiger partial charge < -0.3 is 10.2 Å². The molecule has 0 spiro atoms. The second-order valence-electron chi connectivity index (χ2n) is 4.73. The van der Waals surface area contributed by atoms with Crippen LogP contribution in [0, 0.1) is 0 Å². The largest absolute Gasteiger partial charge is 0.468 e. The van der Waals surface area contributed by atoms with Crippen molar-refractivity contribution in [3.05, 3.63) is 54.0 Å². The number of rotatable bonds is 6. The van der Waals surface area contributed by atoms with E-state index in [9.17, 15) is 8.42 Å². The average Bonchev–Trinajstić information content (AvgIpc) is 2.89. The summed E-state index contributed by atoms with van der Waals surface area (Å²) in [5, 5.41) is 0. The Morgan fingerprint density at radius 1 is 1.25 bits per heavy atom. The van der Waals surface area contributed by atoms with Crippen molar-refractivity contribution in [3.63, 3.8) is 0 Å². The molecule has 1 aromatic heterocycles. The Morgan fingerprint density at radius 2 is 1.95 bits per heavy atom. The molecular weight excluding hydrogens is 276 g/mol. The van der Waals surface area contributed by atoms with Crippen LogP contribution in [0.1, 0.15) is 18.2 Å². The topological polar surface area (TPSA) is 85.3 Å². The first-order valence-corrected chi connectivity index (χ1v) is 7.82. The molecule has 1 atom stereocenters. The van der Waals surface area contributed by atoms with E-state index in [0.29, 0.717) is 5.76 Å². The van der Waals surface area contributed by atoms with E-state index in [1.807, 2.05) is 6.92 Å². The van der Waals surface area contributed by atoms with Crippen molar-refractivity contribution in [2.24, 2.45) is 5.73 Å². The van der Waals surface area contributed by atoms with Crippen molar-refractivity contribution in [1.29, 1.82) is 0 Å². The minimum Gasteiger partial charge on any atom is -0.468 e. The quantitative estimate of drug-likeness (QED) is 0.848. The summed E-state index contributed by atoms with van der Waals surface area (Å²) in [7, 11) is -3.52. The number of hydrogen-bond donors (Lipinski definition) is 2. The molecule has 3 N–H and O–H groups in total. The summed E-state index contributed by atoms with van der Waals surface area (Å²) in [4.78, 5) is 0.234. The summed E-state index contributed by atoms with van der Waals surface area (Å²) in [5.41, 5.74) is 6.73. The SMILES string of the molecule is CC(N)Cc1ccc(S(=O)(=O)NCc2ccco2)cc1. The van der Waals surface area contributed by atoms with Crippen LogP contribution in [-0.4, -0.2) is 14.5 Å². The zero-order chi connectivity index (χ0) is 14.6. The van der Waals surface area contributed by atoms with Crippen molar-refractivity contribution in [2.75, 3.05) is 0 Å². The Balaban J connectivity index is 2.05. The van der Waals surface area contributed by atoms with Crippen LogP contribution >= 0.6 is 0 Å². The minimum absolute atomic E-state index is 0.0505. The molecule has 0 aliphatic heterocycles. The van der Waals surface area contributed by atoms with Crippen LogP contribution in [0.2, 0.25) is 0 Å². The molecular formula is C14H18N2O3S. The number of benzene rings is 1. The lowest BCUT2D eigenvalue weighted by Crippen LogP contribution is -2.23. The molecule has 0 amide bonds. The van der Waals surface area contributed by atoms with Crippen molar-refractivity contribution in [1.82, 2.24) is 4.72 Å². The number of nitrogens with two attached hydrogens (primary N) is 1. The van der Waals surface area contributed by atoms with E-state index < -0.39 is 10.0 Å². The highest BCUT2D eigenvalue weighted by Gasteiger charge is 2.14. The van der Waals surface area contributed by atoms with Crippen molar-refractivity contribution in [3.8, 4) is 0 Å². The van der Waals surface area contributed by atoms with E-state index in [0.717, 1.165) is 12.0 Å². The standard InChI is InChI=1S/C14H18N2O3S/c1-11(15)9-12-4-6-14(7-5-12)20(17,18)16-10-13-3-2-8-19-13/h2-8,11,16H,9-10,15H2,1H3. The fraction of sp³-hybridized carbons (Fsp3) is 0.286. The van der Waals surface area contributed by atoms with Gasteiger partial charge in [0.25, 0.3) is 0 Å². The van der Waals surface area contributed by atoms with E-state index in [-0.39, 0.29) is 17.5 Å². The molecule has 0 bridgehead atoms. The van der Waals surface area contributed by atoms with E-state index in [1.165, 1.54) is 6.26 Å². The Kier molecular flexibility index (Phi) is 4.59. The van der Waals surface area contributed by atoms with E-state index in [1.54, 1.807) is 36.4 Å². The highest BCUT2D eigenvalue weighted by atomic mass is 32.2. The van der Waals surface area contributed by atoms with Crippen LogP contribution in [0.5, 0.6) is 0 Å². The van der Waals surface area contributed by atoms with Gasteiger partial charge in [0.05, 0.1) is 17.7 Å². The number of nitrogens with one attached hydrogen (secondary N) is 1. The first kappa shape index (κ1) is 14.8. The molecule has 0 saturated carbocycles. The van der Waals surface area contributed by atoms with Gasteiger partial charge in [-0.2, -0.15) is 0 Å². The van der Waals surface area contributed by atoms with Crippen LogP contribution < -0.4 is 10.5 Å². The molecule has 0 aliphatic carbocycles. The van der Waals surface area contributed by atoms with Gasteiger partial charge in [-0.3, -0.25) is 0 Å². The molecule has 1 heterocycles. The summed E-state index contributed by atoms with van der Waals surface area (Å²) >= 11 is 0. The second kappa shape index (κ2) is 6.21. The lowest BCUT2D eigenvalue weighted by atomic mass is 10.1. The van der Waals surface area contributed by atoms with E-state index in [4.69, 9.17) is 10.2 Å². The summed E-state index contributed by atoms with van der Waals surface area (Å²) in [6.07, 6.45) is 2.23. The van der Waals surface area contributed by atoms with Crippen LogP contribution in [-0.2, 0) is 23.0 Å². The third-order valence-electron chi connectivity index (χ3n) is 2.81. The lowest BCUT2D eigenvalue weighted by molar-refractivity contribution is 0.498. The monoisotopic (exact) mass is 294 g/mol. The van der Waals surface area contributed by atoms with Gasteiger partial charge in [-0.05, 0) is 43.2 Å². The van der Waals surface area contributed by atoms with Gasteiger partial charge in [0.2, 0.25) is 10.0 Å². The number of sulfonamides is 1. The normalized spacial score (nSPS) is 13.3. The molecule has 0 aliphatic rings. The maximum Gasteiger partial charge on any atom is 0.240 e. The predicted octanol–water partition coefficient (Wildman–Crippen LogP) is 1.65. The maximum absolute atomic E-state index is 12.1. The average molecular weight is 294 g/mol. The molecule has 2 aromatic rings. The summed E-state index contributed by atoms with van der Waals surface area (Å²) in [6, 6.07) is 10.2. The van der Waals surface area contributed by atoms with Crippen molar-refractivity contribution in [2.45, 2.75) is 30.8 Å². The van der Waals surface area contributed by atoms with Gasteiger partial charge in [-0.25, -0.2) is 13.1 Å². The summed E-state index contributed by atoms with van der Waals surface area (Å²) in [5.74, 6) is 0.571. The zero-order valence-electron chi connectivity index (χ0n) is 11.2. The fourth-order valence-electron chi connectivity index (χ4n) is 1.84. The Bertz CT molecular complexity index is 632. The smallest absolute Gasteiger partial charge is 0.240 e. The predicted molar refractivity (Wildman–Crippen MR) is 76.5 cm³/mol. The second-order valence-corrected chi connectivity index (χ2v) is 6.50. The molecule has 0 radical (unpaired) electrons. The minimum atomic E-state index is -3.52. The lowest BCUT2D eigenvalue weighted by Gasteiger charge is -2.08. The third kappa shape index (κ3) is 3.93. The zero-order valence-corrected chi connectivity index (χ0v) is 12.1. The highest BCUT2D eigenvalue weighted by Crippen LogP contribution is 2.12. The van der Waals surface area contributed by atoms with Gasteiger partial charge in [-0.15, -0.1) is 0 Å². The fourth-order valence-corrected chi connectivity index (χ4v) is 2.83. The number of furan rings is 1. The number of hydrogen-bond acceptors (Lipinski definition) is 4. The van der Waals surface area contributed by atoms with Crippen LogP contribution in [0.3, 0.4) is 0 Å². The maximum atomic E-state index is 12.1. The van der Waals surface area contributed by atoms with Gasteiger partial charge >= 0.3 is 0 Å². The Hall–Kier alpha value is -1.63. The van der Waals surface area contributed by atoms with Gasteiger partial charge in [0.1, 0.15) is 5.76 Å². The van der Waals surface area contributed by atoms with Crippen molar-refractivity contribution >= 4 is 10.0 Å². The Labute approximate surface area is 118 Å². The summed E-state index contributed by atoms with van der Waals surface area (Å²) < 4.78 is 31.7. The molecule has 0 fully saturated rings. The molecule has 2 rings (SSSR count). The highest BCUT2D eigenvalue weighted by molar-refractivity contribution is 7.89. The van der Waals surface area contributed by atoms with Gasteiger partial charge in [-0.1, -0.05) is 12.1 Å². The van der Waals surface area contributed by atoms with Gasteiger partial charge in [0, 0.05) is 6.04 Å². The Morgan fingerprint density at radius 3 is 2.50 bits per heavy atom. The molecule has 1 unspecified atom stereocenters. The van der Waals surface area contributed by atoms with Crippen molar-refractivity contribution < 1.29 is 12.8 Å². The van der Waals surface area contributed by atoms with Gasteiger partial charge in [0.15, 0.2) is 0 Å². The van der Waals surface area contributed by atoms with Crippen LogP contribution in [0.4, 0.5) is 0 Å². The van der Waals surface area contributed by atoms with E-state index >= 15 is 0 Å². The summed E-state index contributed by atoms with van der Waals surface area (Å²) in [6.45, 7) is 2.05. The van der Waals surface area contributed by atoms with Crippen LogP contribution in [0.15, 0.2) is 52.0 Å². The molecule has 108 valence electrons. The first-order valence-electron chi connectivity index (χ1n) is 6.34. The molecule has 5 nitrogen and oxygen atoms in total. The molecule has 1 aromatic carbocycles. The first-order chi connectivity index (χ1) is 9.47. The third-order valence-corrected chi connectivity index (χ3v) is 4.22.